The molecular weight excluding hydrogens is 688 g/mol. The third-order valence-electron chi connectivity index (χ3n) is 10.6. The lowest BCUT2D eigenvalue weighted by Crippen LogP contribution is -2.59. The lowest BCUT2D eigenvalue weighted by Gasteiger charge is -2.40. The molecule has 0 aromatic rings. The highest BCUT2D eigenvalue weighted by Crippen LogP contribution is 2.24. The molecule has 2 fully saturated rings. The fourth-order valence-electron chi connectivity index (χ4n) is 7.14. The second kappa shape index (κ2) is 28.9. The standard InChI is InChI=1S/C39H78N2O10S/c1-3-4-5-6-7-8-9-10-11-14-17-20-23-33(43)35(44)32(31-50-39-38(47)37(46)36(45)34(30-42)51-39)40-52(2,48)29-22-19-16-13-12-15-18-21-24-41-25-27-49-28-26-41/h32-39,42-47H,3-31H2,1-2H3/t32-,33+,34?,35-,36?,37?,38?,39?,52?/m0/s1. The first-order valence-corrected chi connectivity index (χ1v) is 23.0. The van der Waals surface area contributed by atoms with Gasteiger partial charge in [-0.3, -0.25) is 9.11 Å². The van der Waals surface area contributed by atoms with Gasteiger partial charge in [-0.15, -0.1) is 0 Å². The Morgan fingerprint density at radius 2 is 1.27 bits per heavy atom. The summed E-state index contributed by atoms with van der Waals surface area (Å²) in [5.74, 6) is 0.352. The third-order valence-corrected chi connectivity index (χ3v) is 12.4. The molecule has 6 unspecified atom stereocenters. The maximum Gasteiger partial charge on any atom is 0.186 e. The first-order chi connectivity index (χ1) is 25.1. The van der Waals surface area contributed by atoms with E-state index in [4.69, 9.17) is 14.2 Å². The van der Waals surface area contributed by atoms with Gasteiger partial charge in [0.15, 0.2) is 6.29 Å². The molecule has 310 valence electrons. The van der Waals surface area contributed by atoms with Crippen molar-refractivity contribution >= 4 is 9.73 Å². The van der Waals surface area contributed by atoms with Gasteiger partial charge >= 0.3 is 0 Å². The molecule has 0 bridgehead atoms. The summed E-state index contributed by atoms with van der Waals surface area (Å²) >= 11 is 0. The summed E-state index contributed by atoms with van der Waals surface area (Å²) in [4.78, 5) is 2.47. The zero-order valence-electron chi connectivity index (χ0n) is 32.7. The molecule has 0 aromatic carbocycles. The minimum absolute atomic E-state index is 0.338. The van der Waals surface area contributed by atoms with E-state index < -0.39 is 65.3 Å². The smallest absolute Gasteiger partial charge is 0.186 e. The largest absolute Gasteiger partial charge is 0.394 e. The van der Waals surface area contributed by atoms with Crippen molar-refractivity contribution in [3.05, 3.63) is 0 Å². The number of morpholine rings is 1. The lowest BCUT2D eigenvalue weighted by atomic mass is 9.99. The molecule has 2 aliphatic heterocycles. The highest BCUT2D eigenvalue weighted by Gasteiger charge is 2.44. The fraction of sp³-hybridized carbons (Fsp3) is 1.00. The van der Waals surface area contributed by atoms with Gasteiger partial charge in [0.1, 0.15) is 36.6 Å². The second-order valence-corrected chi connectivity index (χ2v) is 17.9. The van der Waals surface area contributed by atoms with Crippen LogP contribution in [-0.2, 0) is 23.9 Å². The van der Waals surface area contributed by atoms with Gasteiger partial charge in [0.25, 0.3) is 0 Å². The van der Waals surface area contributed by atoms with Crippen LogP contribution >= 0.6 is 0 Å². The number of hydrogen-bond acceptors (Lipinski definition) is 12. The van der Waals surface area contributed by atoms with Crippen LogP contribution in [0.3, 0.4) is 0 Å². The molecule has 0 radical (unpaired) electrons. The molecule has 0 aromatic heterocycles. The summed E-state index contributed by atoms with van der Waals surface area (Å²) < 4.78 is 34.7. The highest BCUT2D eigenvalue weighted by atomic mass is 32.2. The third kappa shape index (κ3) is 20.5. The van der Waals surface area contributed by atoms with Crippen molar-refractivity contribution in [1.82, 2.24) is 4.90 Å². The molecule has 2 heterocycles. The average Bonchev–Trinajstić information content (AvgIpc) is 3.14. The topological polar surface area (TPSA) is 182 Å². The van der Waals surface area contributed by atoms with E-state index in [0.29, 0.717) is 12.2 Å². The summed E-state index contributed by atoms with van der Waals surface area (Å²) in [6.07, 6.45) is 15.1. The van der Waals surface area contributed by atoms with Crippen molar-refractivity contribution in [2.45, 2.75) is 191 Å². The molecule has 2 saturated heterocycles. The Morgan fingerprint density at radius 1 is 0.750 bits per heavy atom. The molecule has 0 amide bonds. The molecule has 2 aliphatic rings. The van der Waals surface area contributed by atoms with Gasteiger partial charge in [-0.1, -0.05) is 122 Å². The van der Waals surface area contributed by atoms with E-state index >= 15 is 0 Å². The Kier molecular flexibility index (Phi) is 26.5. The number of ether oxygens (including phenoxy) is 3. The van der Waals surface area contributed by atoms with Crippen molar-refractivity contribution in [3.63, 3.8) is 0 Å². The normalized spacial score (nSPS) is 25.8. The van der Waals surface area contributed by atoms with Gasteiger partial charge in [-0.05, 0) is 25.8 Å². The number of hydrogen-bond donors (Lipinski definition) is 6. The molecule has 2 rings (SSSR count). The molecule has 13 heteroatoms. The lowest BCUT2D eigenvalue weighted by molar-refractivity contribution is -0.302. The van der Waals surface area contributed by atoms with Crippen LogP contribution < -0.4 is 0 Å². The van der Waals surface area contributed by atoms with Crippen molar-refractivity contribution in [1.29, 1.82) is 0 Å². The van der Waals surface area contributed by atoms with E-state index in [2.05, 4.69) is 16.2 Å². The maximum atomic E-state index is 13.6. The Labute approximate surface area is 316 Å². The van der Waals surface area contributed by atoms with Crippen molar-refractivity contribution in [2.24, 2.45) is 4.36 Å². The average molecular weight is 767 g/mol. The Bertz CT molecular complexity index is 979. The van der Waals surface area contributed by atoms with Crippen molar-refractivity contribution in [2.75, 3.05) is 58.1 Å². The summed E-state index contributed by atoms with van der Waals surface area (Å²) in [6, 6.07) is -1.07. The van der Waals surface area contributed by atoms with E-state index in [-0.39, 0.29) is 6.61 Å². The predicted molar refractivity (Wildman–Crippen MR) is 207 cm³/mol. The van der Waals surface area contributed by atoms with Crippen molar-refractivity contribution in [3.8, 4) is 0 Å². The number of unbranched alkanes of at least 4 members (excludes halogenated alkanes) is 18. The van der Waals surface area contributed by atoms with E-state index in [1.165, 1.54) is 77.0 Å². The van der Waals surface area contributed by atoms with Crippen LogP contribution in [0.2, 0.25) is 0 Å². The SMILES string of the molecule is CCCCCCCCCCCCCC[C@@H](O)[C@@H](O)[C@H](COC1OC(CO)C(O)C(O)C1O)N=S(C)(=O)CCCCCCCCCCN1CCOCC1. The van der Waals surface area contributed by atoms with Crippen LogP contribution in [0.1, 0.15) is 142 Å². The minimum atomic E-state index is -2.75. The Balaban J connectivity index is 1.80. The molecule has 9 atom stereocenters. The first-order valence-electron chi connectivity index (χ1n) is 20.9. The number of nitrogens with zero attached hydrogens (tertiary/aromatic N) is 2. The monoisotopic (exact) mass is 767 g/mol. The molecule has 12 nitrogen and oxygen atoms in total. The molecule has 0 aliphatic carbocycles. The summed E-state index contributed by atoms with van der Waals surface area (Å²) in [6.45, 7) is 6.21. The molecular formula is C39H78N2O10S. The molecule has 0 saturated carbocycles. The number of aliphatic hydroxyl groups is 6. The second-order valence-electron chi connectivity index (χ2n) is 15.4. The van der Waals surface area contributed by atoms with Crippen LogP contribution in [-0.4, -0.2) is 147 Å². The van der Waals surface area contributed by atoms with E-state index in [1.54, 1.807) is 6.26 Å². The summed E-state index contributed by atoms with van der Waals surface area (Å²) in [5, 5.41) is 62.5. The maximum absolute atomic E-state index is 13.6. The van der Waals surface area contributed by atoms with Crippen LogP contribution in [0.25, 0.3) is 0 Å². The number of aliphatic hydroxyl groups excluding tert-OH is 6. The Morgan fingerprint density at radius 3 is 1.83 bits per heavy atom. The predicted octanol–water partition coefficient (Wildman–Crippen LogP) is 4.54. The van der Waals surface area contributed by atoms with Crippen LogP contribution in [0.4, 0.5) is 0 Å². The number of rotatable bonds is 31. The Hall–Kier alpha value is -0.450. The van der Waals surface area contributed by atoms with E-state index in [1.807, 2.05) is 0 Å². The van der Waals surface area contributed by atoms with E-state index in [9.17, 15) is 34.8 Å². The summed E-state index contributed by atoms with van der Waals surface area (Å²) in [5.41, 5.74) is 0. The van der Waals surface area contributed by atoms with Gasteiger partial charge in [-0.2, -0.15) is 0 Å². The van der Waals surface area contributed by atoms with Crippen molar-refractivity contribution < 1.29 is 49.1 Å². The van der Waals surface area contributed by atoms with E-state index in [0.717, 1.165) is 84.2 Å². The van der Waals surface area contributed by atoms with Gasteiger partial charge in [0.05, 0.1) is 32.5 Å². The molecule has 52 heavy (non-hydrogen) atoms. The zero-order chi connectivity index (χ0) is 38.0. The zero-order valence-corrected chi connectivity index (χ0v) is 33.6. The van der Waals surface area contributed by atoms with Gasteiger partial charge in [0, 0.05) is 34.8 Å². The summed E-state index contributed by atoms with van der Waals surface area (Å²) in [7, 11) is -2.75. The molecule has 6 N–H and O–H groups in total. The molecule has 0 spiro atoms. The van der Waals surface area contributed by atoms with Gasteiger partial charge in [-0.25, -0.2) is 4.36 Å². The first kappa shape index (κ1) is 47.7. The van der Waals surface area contributed by atoms with Gasteiger partial charge in [0.2, 0.25) is 0 Å². The minimum Gasteiger partial charge on any atom is -0.394 e. The van der Waals surface area contributed by atoms with Crippen LogP contribution in [0.5, 0.6) is 0 Å². The quantitative estimate of drug-likeness (QED) is 0.0546. The van der Waals surface area contributed by atoms with Crippen LogP contribution in [0, 0.1) is 0 Å². The van der Waals surface area contributed by atoms with Crippen LogP contribution in [0.15, 0.2) is 4.36 Å². The fourth-order valence-corrected chi connectivity index (χ4v) is 8.74. The highest BCUT2D eigenvalue weighted by molar-refractivity contribution is 7.92. The van der Waals surface area contributed by atoms with Gasteiger partial charge < -0.3 is 44.8 Å².